The van der Waals surface area contributed by atoms with Crippen molar-refractivity contribution in [2.75, 3.05) is 6.54 Å². The predicted octanol–water partition coefficient (Wildman–Crippen LogP) is 4.96. The first-order valence-electron chi connectivity index (χ1n) is 9.91. The summed E-state index contributed by atoms with van der Waals surface area (Å²) in [7, 11) is 0. The standard InChI is InChI=1S/C23H28N4O/c1-6-7-10-27(15(2)3)23(28)20-11-21(18-12-24-14-25-13-18)26-22-17(5)16(4)8-9-19(20)22/h8-9,11-15H,6-7,10H2,1-5H3. The first-order chi connectivity index (χ1) is 13.4. The van der Waals surface area contributed by atoms with Gasteiger partial charge in [-0.2, -0.15) is 0 Å². The van der Waals surface area contributed by atoms with Gasteiger partial charge in [-0.15, -0.1) is 0 Å². The first kappa shape index (κ1) is 19.9. The molecule has 0 unspecified atom stereocenters. The maximum atomic E-state index is 13.6. The van der Waals surface area contributed by atoms with Crippen LogP contribution in [-0.4, -0.2) is 38.3 Å². The molecule has 1 aromatic carbocycles. The molecule has 0 aliphatic rings. The summed E-state index contributed by atoms with van der Waals surface area (Å²) >= 11 is 0. The van der Waals surface area contributed by atoms with E-state index in [9.17, 15) is 4.79 Å². The van der Waals surface area contributed by atoms with Crippen LogP contribution < -0.4 is 0 Å². The molecule has 0 fully saturated rings. The number of benzene rings is 1. The fourth-order valence-electron chi connectivity index (χ4n) is 3.36. The molecule has 5 heteroatoms. The van der Waals surface area contributed by atoms with Gasteiger partial charge in [-0.1, -0.05) is 25.5 Å². The monoisotopic (exact) mass is 376 g/mol. The van der Waals surface area contributed by atoms with Crippen molar-refractivity contribution in [3.8, 4) is 11.3 Å². The average Bonchev–Trinajstić information content (AvgIpc) is 2.70. The van der Waals surface area contributed by atoms with Gasteiger partial charge < -0.3 is 4.90 Å². The number of pyridine rings is 1. The van der Waals surface area contributed by atoms with Crippen LogP contribution in [0.1, 0.15) is 55.1 Å². The second kappa shape index (κ2) is 8.46. The van der Waals surface area contributed by atoms with Crippen LogP contribution in [0.2, 0.25) is 0 Å². The van der Waals surface area contributed by atoms with E-state index in [1.165, 1.54) is 6.33 Å². The Bertz CT molecular complexity index is 983. The zero-order valence-electron chi connectivity index (χ0n) is 17.4. The molecule has 0 aliphatic carbocycles. The van der Waals surface area contributed by atoms with E-state index in [0.29, 0.717) is 5.56 Å². The lowest BCUT2D eigenvalue weighted by atomic mass is 9.98. The van der Waals surface area contributed by atoms with Crippen molar-refractivity contribution in [2.45, 2.75) is 53.5 Å². The normalized spacial score (nSPS) is 11.2. The highest BCUT2D eigenvalue weighted by atomic mass is 16.2. The Labute approximate surface area is 166 Å². The molecule has 28 heavy (non-hydrogen) atoms. The molecular weight excluding hydrogens is 348 g/mol. The Morgan fingerprint density at radius 3 is 2.50 bits per heavy atom. The number of fused-ring (bicyclic) bond motifs is 1. The van der Waals surface area contributed by atoms with Crippen LogP contribution in [0.15, 0.2) is 36.9 Å². The molecule has 1 amide bonds. The van der Waals surface area contributed by atoms with E-state index in [-0.39, 0.29) is 11.9 Å². The van der Waals surface area contributed by atoms with Crippen molar-refractivity contribution >= 4 is 16.8 Å². The summed E-state index contributed by atoms with van der Waals surface area (Å²) in [5, 5.41) is 0.899. The minimum Gasteiger partial charge on any atom is -0.336 e. The number of aryl methyl sites for hydroxylation is 2. The van der Waals surface area contributed by atoms with Crippen molar-refractivity contribution in [1.29, 1.82) is 0 Å². The number of hydrogen-bond donors (Lipinski definition) is 0. The van der Waals surface area contributed by atoms with Gasteiger partial charge >= 0.3 is 0 Å². The lowest BCUT2D eigenvalue weighted by molar-refractivity contribution is 0.0705. The molecule has 0 saturated carbocycles. The minimum atomic E-state index is 0.0530. The Morgan fingerprint density at radius 1 is 1.14 bits per heavy atom. The topological polar surface area (TPSA) is 59.0 Å². The number of unbranched alkanes of at least 4 members (excludes halogenated alkanes) is 1. The number of carbonyl (C=O) groups excluding carboxylic acids is 1. The number of amides is 1. The molecule has 146 valence electrons. The highest BCUT2D eigenvalue weighted by molar-refractivity contribution is 6.08. The molecule has 0 spiro atoms. The van der Waals surface area contributed by atoms with Crippen LogP contribution in [-0.2, 0) is 0 Å². The molecule has 0 radical (unpaired) electrons. The van der Waals surface area contributed by atoms with E-state index < -0.39 is 0 Å². The van der Waals surface area contributed by atoms with Crippen LogP contribution >= 0.6 is 0 Å². The fourth-order valence-corrected chi connectivity index (χ4v) is 3.36. The van der Waals surface area contributed by atoms with Crippen molar-refractivity contribution in [3.63, 3.8) is 0 Å². The summed E-state index contributed by atoms with van der Waals surface area (Å²) in [4.78, 5) is 28.6. The summed E-state index contributed by atoms with van der Waals surface area (Å²) in [5.41, 5.74) is 5.34. The SMILES string of the molecule is CCCCN(C(=O)c1cc(-c2cncnc2)nc2c(C)c(C)ccc12)C(C)C. The summed E-state index contributed by atoms with van der Waals surface area (Å²) in [6, 6.07) is 6.10. The van der Waals surface area contributed by atoms with E-state index in [0.717, 1.165) is 52.7 Å². The Balaban J connectivity index is 2.22. The Kier molecular flexibility index (Phi) is 6.02. The van der Waals surface area contributed by atoms with Crippen molar-refractivity contribution < 1.29 is 4.79 Å². The number of rotatable bonds is 6. The Morgan fingerprint density at radius 2 is 1.86 bits per heavy atom. The van der Waals surface area contributed by atoms with E-state index in [1.807, 2.05) is 17.0 Å². The second-order valence-corrected chi connectivity index (χ2v) is 7.53. The maximum Gasteiger partial charge on any atom is 0.254 e. The summed E-state index contributed by atoms with van der Waals surface area (Å²) in [6.45, 7) is 11.2. The third-order valence-corrected chi connectivity index (χ3v) is 5.23. The highest BCUT2D eigenvalue weighted by Gasteiger charge is 2.22. The molecule has 3 aromatic rings. The highest BCUT2D eigenvalue weighted by Crippen LogP contribution is 2.29. The van der Waals surface area contributed by atoms with Crippen LogP contribution in [0.3, 0.4) is 0 Å². The lowest BCUT2D eigenvalue weighted by Crippen LogP contribution is -2.37. The summed E-state index contributed by atoms with van der Waals surface area (Å²) in [5.74, 6) is 0.0530. The summed E-state index contributed by atoms with van der Waals surface area (Å²) in [6.07, 6.45) is 7.01. The molecule has 0 saturated heterocycles. The molecule has 0 N–H and O–H groups in total. The smallest absolute Gasteiger partial charge is 0.254 e. The number of nitrogens with zero attached hydrogens (tertiary/aromatic N) is 4. The minimum absolute atomic E-state index is 0.0530. The van der Waals surface area contributed by atoms with Gasteiger partial charge in [0.25, 0.3) is 5.91 Å². The van der Waals surface area contributed by atoms with Gasteiger partial charge in [-0.3, -0.25) is 4.79 Å². The molecule has 0 aliphatic heterocycles. The fraction of sp³-hybridized carbons (Fsp3) is 0.391. The van der Waals surface area contributed by atoms with Crippen LogP contribution in [0.4, 0.5) is 0 Å². The molecule has 0 atom stereocenters. The summed E-state index contributed by atoms with van der Waals surface area (Å²) < 4.78 is 0. The van der Waals surface area contributed by atoms with Gasteiger partial charge in [0.05, 0.1) is 16.8 Å². The number of carbonyl (C=O) groups is 1. The van der Waals surface area contributed by atoms with Crippen LogP contribution in [0.5, 0.6) is 0 Å². The lowest BCUT2D eigenvalue weighted by Gasteiger charge is -2.27. The van der Waals surface area contributed by atoms with Crippen molar-refractivity contribution in [3.05, 3.63) is 53.6 Å². The molecular formula is C23H28N4O. The number of hydrogen-bond acceptors (Lipinski definition) is 4. The van der Waals surface area contributed by atoms with Crippen LogP contribution in [0.25, 0.3) is 22.2 Å². The zero-order chi connectivity index (χ0) is 20.3. The average molecular weight is 377 g/mol. The zero-order valence-corrected chi connectivity index (χ0v) is 17.4. The third-order valence-electron chi connectivity index (χ3n) is 5.23. The van der Waals surface area contributed by atoms with Gasteiger partial charge in [-0.05, 0) is 51.3 Å². The molecule has 3 rings (SSSR count). The molecule has 0 bridgehead atoms. The van der Waals surface area contributed by atoms with Gasteiger partial charge in [-0.25, -0.2) is 15.0 Å². The van der Waals surface area contributed by atoms with E-state index in [4.69, 9.17) is 4.98 Å². The molecule has 2 heterocycles. The largest absolute Gasteiger partial charge is 0.336 e. The molecule has 2 aromatic heterocycles. The maximum absolute atomic E-state index is 13.6. The third kappa shape index (κ3) is 3.88. The van der Waals surface area contributed by atoms with Gasteiger partial charge in [0.15, 0.2) is 0 Å². The first-order valence-corrected chi connectivity index (χ1v) is 9.91. The Hall–Kier alpha value is -2.82. The molecule has 5 nitrogen and oxygen atoms in total. The van der Waals surface area contributed by atoms with Crippen molar-refractivity contribution in [2.24, 2.45) is 0 Å². The van der Waals surface area contributed by atoms with Crippen molar-refractivity contribution in [1.82, 2.24) is 19.9 Å². The number of aromatic nitrogens is 3. The van der Waals surface area contributed by atoms with E-state index >= 15 is 0 Å². The quantitative estimate of drug-likeness (QED) is 0.610. The van der Waals surface area contributed by atoms with Gasteiger partial charge in [0.2, 0.25) is 0 Å². The van der Waals surface area contributed by atoms with Gasteiger partial charge in [0.1, 0.15) is 6.33 Å². The van der Waals surface area contributed by atoms with Crippen LogP contribution in [0, 0.1) is 13.8 Å². The van der Waals surface area contributed by atoms with Gasteiger partial charge in [0, 0.05) is 35.9 Å². The van der Waals surface area contributed by atoms with E-state index in [2.05, 4.69) is 50.7 Å². The predicted molar refractivity (Wildman–Crippen MR) is 113 cm³/mol. The second-order valence-electron chi connectivity index (χ2n) is 7.53. The van der Waals surface area contributed by atoms with E-state index in [1.54, 1.807) is 12.4 Å².